The molecule has 0 amide bonds. The molecule has 2 N–H and O–H groups in total. The van der Waals surface area contributed by atoms with Gasteiger partial charge in [-0.2, -0.15) is 4.21 Å². The first-order valence-electron chi connectivity index (χ1n) is 10.7. The van der Waals surface area contributed by atoms with E-state index in [1.165, 1.54) is 0 Å². The van der Waals surface area contributed by atoms with E-state index in [0.29, 0.717) is 24.4 Å². The van der Waals surface area contributed by atoms with Crippen LogP contribution in [-0.4, -0.2) is 35.7 Å². The number of hydrogen-bond acceptors (Lipinski definition) is 6. The number of oxime groups is 1. The van der Waals surface area contributed by atoms with E-state index in [4.69, 9.17) is 9.27 Å². The Morgan fingerprint density at radius 1 is 1.12 bits per heavy atom. The van der Waals surface area contributed by atoms with Gasteiger partial charge in [0.2, 0.25) is 0 Å². The molecule has 1 aliphatic rings. The third-order valence-electron chi connectivity index (χ3n) is 5.67. The highest BCUT2D eigenvalue weighted by Crippen LogP contribution is 2.27. The summed E-state index contributed by atoms with van der Waals surface area (Å²) < 4.78 is 21.0. The average Bonchev–Trinajstić information content (AvgIpc) is 3.43. The molecule has 1 atom stereocenters. The molecule has 0 aliphatic carbocycles. The van der Waals surface area contributed by atoms with Crippen molar-refractivity contribution >= 4 is 34.2 Å². The summed E-state index contributed by atoms with van der Waals surface area (Å²) in [7, 11) is 0. The Labute approximate surface area is 197 Å². The molecule has 0 bridgehead atoms. The van der Waals surface area contributed by atoms with Crippen LogP contribution in [0.1, 0.15) is 39.9 Å². The minimum absolute atomic E-state index is 0.00843. The molecule has 2 aromatic heterocycles. The highest BCUT2D eigenvalue weighted by Gasteiger charge is 2.20. The van der Waals surface area contributed by atoms with Crippen molar-refractivity contribution in [2.24, 2.45) is 5.16 Å². The summed E-state index contributed by atoms with van der Waals surface area (Å²) in [6.07, 6.45) is 0.697. The predicted octanol–water partition coefficient (Wildman–Crippen LogP) is 3.58. The third-order valence-corrected chi connectivity index (χ3v) is 6.24. The number of aromatic nitrogens is 3. The molecule has 172 valence electrons. The molecule has 4 aromatic rings. The molecule has 0 saturated heterocycles. The monoisotopic (exact) mass is 475 g/mol. The fourth-order valence-corrected chi connectivity index (χ4v) is 4.52. The predicted molar refractivity (Wildman–Crippen MR) is 128 cm³/mol. The number of hydrogen-bond donors (Lipinski definition) is 2. The zero-order valence-electron chi connectivity index (χ0n) is 18.5. The zero-order chi connectivity index (χ0) is 23.8. The molecule has 1 unspecified atom stereocenters. The van der Waals surface area contributed by atoms with Crippen molar-refractivity contribution in [1.29, 1.82) is 0 Å². The summed E-state index contributed by atoms with van der Waals surface area (Å²) in [5.74, 6) is 0.210. The fraction of sp³-hybridized carbons (Fsp3) is 0.167. The van der Waals surface area contributed by atoms with Crippen molar-refractivity contribution in [1.82, 2.24) is 19.3 Å². The van der Waals surface area contributed by atoms with Gasteiger partial charge < -0.3 is 9.67 Å². The first kappa shape index (κ1) is 21.8. The SMILES string of the molecule is CCc1nc2c(C)cc(C(=O)O)nc2n1Cc1ccc(-c2ccccc2C2=NOS(=O)N2)cc1. The number of rotatable bonds is 6. The van der Waals surface area contributed by atoms with Crippen LogP contribution in [0.4, 0.5) is 0 Å². The van der Waals surface area contributed by atoms with Crippen molar-refractivity contribution in [2.75, 3.05) is 0 Å². The number of carboxylic acids is 1. The molecule has 0 radical (unpaired) electrons. The number of nitrogens with one attached hydrogen (secondary N) is 1. The van der Waals surface area contributed by atoms with Crippen molar-refractivity contribution in [3.05, 3.63) is 82.8 Å². The standard InChI is InChI=1S/C24H21N5O4S/c1-3-20-26-21-14(2)12-19(24(30)31)25-23(21)29(20)13-15-8-10-16(11-9-15)17-6-4-5-7-18(17)22-27-33-34(32)28-22/h4-12H,3,13H2,1-2H3,(H,27,28)(H,30,31). The Bertz CT molecular complexity index is 1480. The number of carboxylic acid groups (broad SMARTS) is 1. The van der Waals surface area contributed by atoms with E-state index in [9.17, 15) is 14.1 Å². The van der Waals surface area contributed by atoms with Crippen LogP contribution in [0.5, 0.6) is 0 Å². The van der Waals surface area contributed by atoms with E-state index in [-0.39, 0.29) is 5.69 Å². The molecule has 5 rings (SSSR count). The molecule has 3 heterocycles. The van der Waals surface area contributed by atoms with Crippen LogP contribution in [0.3, 0.4) is 0 Å². The lowest BCUT2D eigenvalue weighted by molar-refractivity contribution is 0.0690. The fourth-order valence-electron chi connectivity index (χ4n) is 4.04. The van der Waals surface area contributed by atoms with Crippen LogP contribution in [0.15, 0.2) is 59.8 Å². The van der Waals surface area contributed by atoms with E-state index in [1.54, 1.807) is 6.07 Å². The van der Waals surface area contributed by atoms with E-state index in [1.807, 2.05) is 66.9 Å². The van der Waals surface area contributed by atoms with E-state index in [0.717, 1.165) is 39.2 Å². The quantitative estimate of drug-likeness (QED) is 0.440. The van der Waals surface area contributed by atoms with Crippen molar-refractivity contribution in [3.8, 4) is 11.1 Å². The second kappa shape index (κ2) is 8.71. The van der Waals surface area contributed by atoms with Crippen molar-refractivity contribution in [3.63, 3.8) is 0 Å². The van der Waals surface area contributed by atoms with Gasteiger partial charge in [-0.05, 0) is 40.4 Å². The maximum absolute atomic E-state index is 11.5. The van der Waals surface area contributed by atoms with Gasteiger partial charge in [-0.1, -0.05) is 55.5 Å². The lowest BCUT2D eigenvalue weighted by atomic mass is 9.98. The van der Waals surface area contributed by atoms with Crippen LogP contribution in [0.2, 0.25) is 0 Å². The van der Waals surface area contributed by atoms with Gasteiger partial charge in [-0.3, -0.25) is 9.01 Å². The molecule has 1 aliphatic heterocycles. The van der Waals surface area contributed by atoms with Crippen LogP contribution in [-0.2, 0) is 28.5 Å². The first-order valence-corrected chi connectivity index (χ1v) is 11.7. The summed E-state index contributed by atoms with van der Waals surface area (Å²) in [5.41, 5.74) is 5.79. The van der Waals surface area contributed by atoms with Gasteiger partial charge in [0.05, 0.1) is 6.54 Å². The Hall–Kier alpha value is -4.05. The highest BCUT2D eigenvalue weighted by atomic mass is 32.2. The molecule has 34 heavy (non-hydrogen) atoms. The normalized spacial score (nSPS) is 15.1. The zero-order valence-corrected chi connectivity index (χ0v) is 19.3. The Balaban J connectivity index is 1.50. The maximum atomic E-state index is 11.5. The van der Waals surface area contributed by atoms with Gasteiger partial charge in [-0.25, -0.2) is 14.8 Å². The van der Waals surface area contributed by atoms with Gasteiger partial charge in [0.1, 0.15) is 11.3 Å². The highest BCUT2D eigenvalue weighted by molar-refractivity contribution is 7.79. The molecule has 2 aromatic carbocycles. The summed E-state index contributed by atoms with van der Waals surface area (Å²) in [6.45, 7) is 4.38. The number of benzene rings is 2. The summed E-state index contributed by atoms with van der Waals surface area (Å²) in [4.78, 5) is 20.6. The molecular weight excluding hydrogens is 454 g/mol. The number of imidazole rings is 1. The number of pyridine rings is 1. The lowest BCUT2D eigenvalue weighted by Gasteiger charge is -2.11. The smallest absolute Gasteiger partial charge is 0.354 e. The Kier molecular flexibility index (Phi) is 5.58. The number of fused-ring (bicyclic) bond motifs is 1. The van der Waals surface area contributed by atoms with Crippen molar-refractivity contribution < 1.29 is 18.4 Å². The largest absolute Gasteiger partial charge is 0.477 e. The number of aromatic carboxylic acids is 1. The Morgan fingerprint density at radius 3 is 2.50 bits per heavy atom. The summed E-state index contributed by atoms with van der Waals surface area (Å²) in [5, 5.41) is 13.3. The maximum Gasteiger partial charge on any atom is 0.354 e. The molecule has 0 spiro atoms. The van der Waals surface area contributed by atoms with E-state index >= 15 is 0 Å². The third kappa shape index (κ3) is 3.92. The van der Waals surface area contributed by atoms with Crippen LogP contribution >= 0.6 is 0 Å². The molecule has 0 fully saturated rings. The lowest BCUT2D eigenvalue weighted by Crippen LogP contribution is -2.20. The molecular formula is C24H21N5O4S. The Morgan fingerprint density at radius 2 is 1.85 bits per heavy atom. The van der Waals surface area contributed by atoms with Crippen molar-refractivity contribution in [2.45, 2.75) is 26.8 Å². The number of amidine groups is 1. The molecule has 0 saturated carbocycles. The van der Waals surface area contributed by atoms with Gasteiger partial charge >= 0.3 is 17.2 Å². The van der Waals surface area contributed by atoms with Gasteiger partial charge in [0.15, 0.2) is 17.2 Å². The number of aryl methyl sites for hydroxylation is 2. The molecule has 10 heteroatoms. The van der Waals surface area contributed by atoms with Gasteiger partial charge in [-0.15, -0.1) is 0 Å². The minimum atomic E-state index is -1.67. The van der Waals surface area contributed by atoms with E-state index in [2.05, 4.69) is 14.9 Å². The number of nitrogens with zero attached hydrogens (tertiary/aromatic N) is 4. The second-order valence-corrected chi connectivity index (χ2v) is 8.69. The van der Waals surface area contributed by atoms with E-state index < -0.39 is 17.2 Å². The number of carbonyl (C=O) groups is 1. The summed E-state index contributed by atoms with van der Waals surface area (Å²) in [6, 6.07) is 17.3. The van der Waals surface area contributed by atoms with Crippen LogP contribution < -0.4 is 4.72 Å². The van der Waals surface area contributed by atoms with Crippen LogP contribution in [0, 0.1) is 6.92 Å². The minimum Gasteiger partial charge on any atom is -0.477 e. The van der Waals surface area contributed by atoms with Crippen LogP contribution in [0.25, 0.3) is 22.3 Å². The first-order chi connectivity index (χ1) is 16.4. The summed E-state index contributed by atoms with van der Waals surface area (Å²) >= 11 is -1.67. The topological polar surface area (TPSA) is 119 Å². The van der Waals surface area contributed by atoms with Gasteiger partial charge in [0, 0.05) is 12.0 Å². The second-order valence-electron chi connectivity index (χ2n) is 7.86. The molecule has 9 nitrogen and oxygen atoms in total. The average molecular weight is 476 g/mol. The van der Waals surface area contributed by atoms with Gasteiger partial charge in [0.25, 0.3) is 0 Å².